The van der Waals surface area contributed by atoms with E-state index in [1.54, 1.807) is 0 Å². The Labute approximate surface area is 85.2 Å². The van der Waals surface area contributed by atoms with Crippen LogP contribution in [0.25, 0.3) is 0 Å². The molecule has 0 unspecified atom stereocenters. The molecule has 4 nitrogen and oxygen atoms in total. The Morgan fingerprint density at radius 2 is 2.36 bits per heavy atom. The second-order valence-electron chi connectivity index (χ2n) is 3.18. The van der Waals surface area contributed by atoms with E-state index in [0.717, 1.165) is 19.3 Å². The van der Waals surface area contributed by atoms with Crippen LogP contribution in [0, 0.1) is 12.3 Å². The molecule has 0 aromatic rings. The maximum absolute atomic E-state index is 10.8. The van der Waals surface area contributed by atoms with E-state index in [0.29, 0.717) is 6.54 Å². The van der Waals surface area contributed by atoms with Gasteiger partial charge in [-0.1, -0.05) is 12.3 Å². The van der Waals surface area contributed by atoms with E-state index in [-0.39, 0.29) is 12.6 Å². The monoisotopic (exact) mass is 198 g/mol. The van der Waals surface area contributed by atoms with E-state index in [1.807, 2.05) is 6.92 Å². The standard InChI is InChI=1S/C10H18N2O2/c1-3-8-14-10(13)12-7-5-4-6-9(2)11/h1,9H,4-8,11H2,2H3,(H,12,13)/t9-/m1/s1. The van der Waals surface area contributed by atoms with E-state index in [1.165, 1.54) is 0 Å². The van der Waals surface area contributed by atoms with Crippen LogP contribution < -0.4 is 11.1 Å². The molecule has 0 aromatic heterocycles. The van der Waals surface area contributed by atoms with Gasteiger partial charge in [0.15, 0.2) is 6.61 Å². The molecule has 1 amide bonds. The molecular weight excluding hydrogens is 180 g/mol. The summed E-state index contributed by atoms with van der Waals surface area (Å²) in [5.41, 5.74) is 5.57. The first kappa shape index (κ1) is 12.8. The lowest BCUT2D eigenvalue weighted by molar-refractivity contribution is 0.160. The molecule has 0 fully saturated rings. The second-order valence-corrected chi connectivity index (χ2v) is 3.18. The van der Waals surface area contributed by atoms with E-state index < -0.39 is 6.09 Å². The fourth-order valence-electron chi connectivity index (χ4n) is 0.940. The number of hydrogen-bond donors (Lipinski definition) is 2. The zero-order valence-electron chi connectivity index (χ0n) is 8.58. The van der Waals surface area contributed by atoms with Gasteiger partial charge in [-0.3, -0.25) is 0 Å². The zero-order valence-corrected chi connectivity index (χ0v) is 8.58. The Balaban J connectivity index is 3.20. The van der Waals surface area contributed by atoms with E-state index in [9.17, 15) is 4.79 Å². The molecule has 0 saturated heterocycles. The number of hydrogen-bond acceptors (Lipinski definition) is 3. The first-order chi connectivity index (χ1) is 6.66. The predicted octanol–water partition coefficient (Wildman–Crippen LogP) is 0.863. The summed E-state index contributed by atoms with van der Waals surface area (Å²) in [7, 11) is 0. The predicted molar refractivity (Wildman–Crippen MR) is 55.7 cm³/mol. The normalized spacial score (nSPS) is 11.5. The van der Waals surface area contributed by atoms with E-state index >= 15 is 0 Å². The summed E-state index contributed by atoms with van der Waals surface area (Å²) in [4.78, 5) is 10.8. The van der Waals surface area contributed by atoms with E-state index in [2.05, 4.69) is 16.0 Å². The van der Waals surface area contributed by atoms with Crippen LogP contribution in [0.2, 0.25) is 0 Å². The molecule has 0 heterocycles. The molecule has 0 saturated carbocycles. The highest BCUT2D eigenvalue weighted by molar-refractivity contribution is 5.67. The second kappa shape index (κ2) is 8.39. The number of carbonyl (C=O) groups is 1. The van der Waals surface area contributed by atoms with Crippen molar-refractivity contribution in [3.05, 3.63) is 0 Å². The smallest absolute Gasteiger partial charge is 0.408 e. The van der Waals surface area contributed by atoms with Gasteiger partial charge in [-0.2, -0.15) is 0 Å². The number of unbranched alkanes of at least 4 members (excludes halogenated alkanes) is 1. The van der Waals surface area contributed by atoms with Crippen LogP contribution in [0.3, 0.4) is 0 Å². The van der Waals surface area contributed by atoms with Crippen LogP contribution in [0.15, 0.2) is 0 Å². The summed E-state index contributed by atoms with van der Waals surface area (Å²) in [5, 5.41) is 2.59. The van der Waals surface area contributed by atoms with Gasteiger partial charge in [0.1, 0.15) is 0 Å². The van der Waals surface area contributed by atoms with Gasteiger partial charge in [0.05, 0.1) is 0 Å². The van der Waals surface area contributed by atoms with Crippen molar-refractivity contribution in [1.82, 2.24) is 5.32 Å². The summed E-state index contributed by atoms with van der Waals surface area (Å²) < 4.78 is 4.61. The molecule has 0 aliphatic carbocycles. The van der Waals surface area contributed by atoms with Gasteiger partial charge >= 0.3 is 6.09 Å². The molecule has 0 radical (unpaired) electrons. The molecule has 4 heteroatoms. The third-order valence-electron chi connectivity index (χ3n) is 1.64. The molecule has 1 atom stereocenters. The van der Waals surface area contributed by atoms with Crippen molar-refractivity contribution >= 4 is 6.09 Å². The van der Waals surface area contributed by atoms with Crippen molar-refractivity contribution in [1.29, 1.82) is 0 Å². The summed E-state index contributed by atoms with van der Waals surface area (Å²) in [6, 6.07) is 0.225. The maximum atomic E-state index is 10.8. The first-order valence-electron chi connectivity index (χ1n) is 4.76. The Hall–Kier alpha value is -1.21. The third kappa shape index (κ3) is 8.88. The third-order valence-corrected chi connectivity index (χ3v) is 1.64. The molecule has 0 spiro atoms. The van der Waals surface area contributed by atoms with Crippen LogP contribution in [0.5, 0.6) is 0 Å². The molecule has 0 aromatic carbocycles. The van der Waals surface area contributed by atoms with Crippen molar-refractivity contribution in [3.8, 4) is 12.3 Å². The van der Waals surface area contributed by atoms with Gasteiger partial charge in [-0.25, -0.2) is 4.79 Å². The number of nitrogens with one attached hydrogen (secondary N) is 1. The largest absolute Gasteiger partial charge is 0.436 e. The number of amides is 1. The lowest BCUT2D eigenvalue weighted by Crippen LogP contribution is -2.25. The van der Waals surface area contributed by atoms with Gasteiger partial charge in [-0.15, -0.1) is 6.42 Å². The molecule has 0 rings (SSSR count). The van der Waals surface area contributed by atoms with Crippen LogP contribution in [-0.4, -0.2) is 25.3 Å². The van der Waals surface area contributed by atoms with E-state index in [4.69, 9.17) is 12.2 Å². The van der Waals surface area contributed by atoms with Gasteiger partial charge in [0.25, 0.3) is 0 Å². The molecular formula is C10H18N2O2. The average molecular weight is 198 g/mol. The summed E-state index contributed by atoms with van der Waals surface area (Å²) in [5.74, 6) is 2.22. The van der Waals surface area contributed by atoms with Crippen molar-refractivity contribution in [3.63, 3.8) is 0 Å². The Morgan fingerprint density at radius 1 is 1.64 bits per heavy atom. The lowest BCUT2D eigenvalue weighted by Gasteiger charge is -2.06. The quantitative estimate of drug-likeness (QED) is 0.491. The fourth-order valence-corrected chi connectivity index (χ4v) is 0.940. The van der Waals surface area contributed by atoms with Gasteiger partial charge in [0.2, 0.25) is 0 Å². The van der Waals surface area contributed by atoms with Gasteiger partial charge in [0, 0.05) is 12.6 Å². The van der Waals surface area contributed by atoms with Crippen LogP contribution in [0.1, 0.15) is 26.2 Å². The Morgan fingerprint density at radius 3 is 2.93 bits per heavy atom. The van der Waals surface area contributed by atoms with Crippen LogP contribution in [0.4, 0.5) is 4.79 Å². The lowest BCUT2D eigenvalue weighted by atomic mass is 10.1. The first-order valence-corrected chi connectivity index (χ1v) is 4.76. The van der Waals surface area contributed by atoms with Crippen LogP contribution in [-0.2, 0) is 4.74 Å². The molecule has 80 valence electrons. The van der Waals surface area contributed by atoms with Crippen molar-refractivity contribution in [2.45, 2.75) is 32.2 Å². The van der Waals surface area contributed by atoms with Gasteiger partial charge < -0.3 is 15.8 Å². The number of carbonyl (C=O) groups excluding carboxylic acids is 1. The SMILES string of the molecule is C#CCOC(=O)NCCCC[C@@H](C)N. The summed E-state index contributed by atoms with van der Waals surface area (Å²) in [6.45, 7) is 2.59. The number of nitrogens with two attached hydrogens (primary N) is 1. The molecule has 0 aliphatic heterocycles. The summed E-state index contributed by atoms with van der Waals surface area (Å²) >= 11 is 0. The number of rotatable bonds is 6. The molecule has 14 heavy (non-hydrogen) atoms. The number of alkyl carbamates (subject to hydrolysis) is 1. The van der Waals surface area contributed by atoms with Crippen LogP contribution >= 0.6 is 0 Å². The fraction of sp³-hybridized carbons (Fsp3) is 0.700. The Bertz CT molecular complexity index is 197. The number of terminal acetylenes is 1. The Kier molecular flexibility index (Phi) is 7.67. The topological polar surface area (TPSA) is 64.3 Å². The highest BCUT2D eigenvalue weighted by Gasteiger charge is 1.99. The molecule has 0 bridgehead atoms. The summed E-state index contributed by atoms with van der Waals surface area (Å²) in [6.07, 6.45) is 7.35. The minimum absolute atomic E-state index is 0.0195. The van der Waals surface area contributed by atoms with Crippen molar-refractivity contribution < 1.29 is 9.53 Å². The van der Waals surface area contributed by atoms with Gasteiger partial charge in [-0.05, 0) is 19.8 Å². The number of ether oxygens (including phenoxy) is 1. The minimum Gasteiger partial charge on any atom is -0.436 e. The minimum atomic E-state index is -0.455. The highest BCUT2D eigenvalue weighted by atomic mass is 16.5. The zero-order chi connectivity index (χ0) is 10.8. The van der Waals surface area contributed by atoms with Crippen molar-refractivity contribution in [2.24, 2.45) is 5.73 Å². The molecule has 0 aliphatic rings. The van der Waals surface area contributed by atoms with Crippen molar-refractivity contribution in [2.75, 3.05) is 13.2 Å². The molecule has 3 N–H and O–H groups in total. The average Bonchev–Trinajstić information content (AvgIpc) is 2.13. The maximum Gasteiger partial charge on any atom is 0.408 e. The highest BCUT2D eigenvalue weighted by Crippen LogP contribution is 1.96.